The van der Waals surface area contributed by atoms with Crippen LogP contribution in [0.5, 0.6) is 0 Å². The molecule has 0 amide bonds. The Balaban J connectivity index is 0.000000134. The maximum Gasteiger partial charge on any atom is 0.221 e. The van der Waals surface area contributed by atoms with Crippen molar-refractivity contribution < 1.29 is 66.3 Å². The molecule has 0 spiro atoms. The monoisotopic (exact) mass is 767 g/mol. The van der Waals surface area contributed by atoms with Crippen LogP contribution in [0.3, 0.4) is 0 Å². The molecule has 8 saturated heterocycles. The number of rotatable bonds is 12. The van der Waals surface area contributed by atoms with Gasteiger partial charge in [-0.15, -0.1) is 11.8 Å². The lowest BCUT2D eigenvalue weighted by atomic mass is 9.99. The summed E-state index contributed by atoms with van der Waals surface area (Å²) in [6, 6.07) is 0.320. The lowest BCUT2D eigenvalue weighted by Gasteiger charge is -2.30. The molecule has 8 rings (SSSR count). The molecule has 304 valence electrons. The van der Waals surface area contributed by atoms with E-state index in [4.69, 9.17) is 66.3 Å². The van der Waals surface area contributed by atoms with E-state index in [2.05, 4.69) is 19.2 Å². The van der Waals surface area contributed by atoms with Crippen LogP contribution < -0.4 is 5.32 Å². The molecular formula is C36H65NO14S. The Morgan fingerprint density at radius 2 is 1.17 bits per heavy atom. The van der Waals surface area contributed by atoms with E-state index < -0.39 is 5.79 Å². The first-order valence-corrected chi connectivity index (χ1v) is 19.5. The average Bonchev–Trinajstić information content (AvgIpc) is 3.99. The van der Waals surface area contributed by atoms with E-state index in [-0.39, 0.29) is 71.7 Å². The van der Waals surface area contributed by atoms with Gasteiger partial charge in [-0.2, -0.15) is 0 Å². The van der Waals surface area contributed by atoms with E-state index >= 15 is 0 Å². The number of hydrogen-bond acceptors (Lipinski definition) is 16. The molecule has 8 aliphatic heterocycles. The summed E-state index contributed by atoms with van der Waals surface area (Å²) in [7, 11) is 11.9. The van der Waals surface area contributed by atoms with Crippen molar-refractivity contribution in [3.05, 3.63) is 0 Å². The van der Waals surface area contributed by atoms with Crippen LogP contribution >= 0.6 is 11.8 Å². The molecule has 16 heteroatoms. The van der Waals surface area contributed by atoms with Crippen LogP contribution in [0.15, 0.2) is 0 Å². The van der Waals surface area contributed by atoms with E-state index in [0.717, 1.165) is 12.3 Å². The summed E-state index contributed by atoms with van der Waals surface area (Å²) < 4.78 is 77.3. The summed E-state index contributed by atoms with van der Waals surface area (Å²) in [6.45, 7) is 14.4. The second kappa shape index (κ2) is 17.9. The fourth-order valence-corrected chi connectivity index (χ4v) is 11.1. The highest BCUT2D eigenvalue weighted by atomic mass is 32.2. The van der Waals surface area contributed by atoms with Gasteiger partial charge in [0, 0.05) is 68.7 Å². The molecule has 0 aromatic rings. The molecule has 0 saturated carbocycles. The van der Waals surface area contributed by atoms with Gasteiger partial charge in [0.1, 0.15) is 60.0 Å². The molecule has 8 heterocycles. The smallest absolute Gasteiger partial charge is 0.221 e. The predicted octanol–water partition coefficient (Wildman–Crippen LogP) is 1.45. The molecule has 15 nitrogen and oxygen atoms in total. The van der Waals surface area contributed by atoms with Crippen LogP contribution in [0.25, 0.3) is 0 Å². The highest BCUT2D eigenvalue weighted by Gasteiger charge is 2.63. The maximum atomic E-state index is 5.92. The highest BCUT2D eigenvalue weighted by Crippen LogP contribution is 2.49. The lowest BCUT2D eigenvalue weighted by molar-refractivity contribution is -0.266. The van der Waals surface area contributed by atoms with Gasteiger partial charge in [0.25, 0.3) is 0 Å². The Hall–Kier alpha value is -0.250. The minimum absolute atomic E-state index is 0.0162. The number of nitrogens with one attached hydrogen (secondary N) is 1. The van der Waals surface area contributed by atoms with Crippen LogP contribution in [0, 0.1) is 0 Å². The van der Waals surface area contributed by atoms with Crippen LogP contribution in [-0.4, -0.2) is 197 Å². The summed E-state index contributed by atoms with van der Waals surface area (Å²) in [6.07, 6.45) is 1.04. The van der Waals surface area contributed by atoms with Crippen molar-refractivity contribution in [1.82, 2.24) is 5.32 Å². The number of methoxy groups -OCH3 is 7. The third-order valence-electron chi connectivity index (χ3n) is 11.5. The van der Waals surface area contributed by atoms with Gasteiger partial charge in [0.05, 0.1) is 62.1 Å². The first kappa shape index (κ1) is 42.9. The minimum Gasteiger partial charge on any atom is -0.382 e. The van der Waals surface area contributed by atoms with Crippen molar-refractivity contribution in [2.45, 2.75) is 130 Å². The molecule has 1 N–H and O–H groups in total. The number of morpholine rings is 1. The predicted molar refractivity (Wildman–Crippen MR) is 191 cm³/mol. The Labute approximate surface area is 314 Å². The fraction of sp³-hybridized carbons (Fsp3) is 1.00. The molecule has 0 aromatic heterocycles. The summed E-state index contributed by atoms with van der Waals surface area (Å²) in [5, 5.41) is 3.89. The molecule has 0 aliphatic carbocycles. The largest absolute Gasteiger partial charge is 0.382 e. The van der Waals surface area contributed by atoms with Gasteiger partial charge in [0.15, 0.2) is 0 Å². The third-order valence-corrected chi connectivity index (χ3v) is 13.2. The average molecular weight is 768 g/mol. The molecule has 52 heavy (non-hydrogen) atoms. The van der Waals surface area contributed by atoms with Gasteiger partial charge in [-0.1, -0.05) is 0 Å². The van der Waals surface area contributed by atoms with E-state index in [1.165, 1.54) is 0 Å². The van der Waals surface area contributed by atoms with Gasteiger partial charge >= 0.3 is 0 Å². The molecule has 0 radical (unpaired) electrons. The van der Waals surface area contributed by atoms with E-state index in [1.807, 2.05) is 32.5 Å². The Bertz CT molecular complexity index is 1030. The molecule has 16 atom stereocenters. The summed E-state index contributed by atoms with van der Waals surface area (Å²) in [4.78, 5) is 0. The summed E-state index contributed by atoms with van der Waals surface area (Å²) >= 11 is 1.94. The SMILES string of the molecule is CCOC1[C@H]2OC[C@@]1(OC)O[C@H]2C.COC[C@@]12CN[C@H]([C@H](C)O1)[C@@H]2OC.COC[C@@]12CO[C@H]([C@H](C)O1)[C@@H]2OC.COC[C@@]12CS[C@H]([C@H](C)O1)[C@@H]2OC. The van der Waals surface area contributed by atoms with Crippen molar-refractivity contribution >= 4 is 11.8 Å². The Morgan fingerprint density at radius 1 is 0.615 bits per heavy atom. The molecule has 8 aliphatic rings. The van der Waals surface area contributed by atoms with E-state index in [9.17, 15) is 0 Å². The number of thioether (sulfide) groups is 1. The van der Waals surface area contributed by atoms with Crippen molar-refractivity contribution in [3.63, 3.8) is 0 Å². The number of ether oxygens (including phenoxy) is 14. The Morgan fingerprint density at radius 3 is 1.71 bits per heavy atom. The van der Waals surface area contributed by atoms with Crippen molar-refractivity contribution in [2.24, 2.45) is 0 Å². The van der Waals surface area contributed by atoms with Crippen LogP contribution in [-0.2, 0) is 66.3 Å². The normalized spacial score (nSPS) is 48.7. The maximum absolute atomic E-state index is 5.92. The topological polar surface area (TPSA) is 141 Å². The van der Waals surface area contributed by atoms with Gasteiger partial charge in [-0.05, 0) is 34.6 Å². The zero-order chi connectivity index (χ0) is 37.9. The Kier molecular flexibility index (Phi) is 14.8. The lowest BCUT2D eigenvalue weighted by Crippen LogP contribution is -2.47. The zero-order valence-electron chi connectivity index (χ0n) is 33.2. The van der Waals surface area contributed by atoms with E-state index in [0.29, 0.717) is 57.0 Å². The molecule has 1 unspecified atom stereocenters. The number of fused-ring (bicyclic) bond motifs is 8. The highest BCUT2D eigenvalue weighted by molar-refractivity contribution is 8.00. The molecule has 0 aromatic carbocycles. The molecular weight excluding hydrogens is 702 g/mol. The summed E-state index contributed by atoms with van der Waals surface area (Å²) in [5.74, 6) is 0.342. The first-order valence-electron chi connectivity index (χ1n) is 18.4. The van der Waals surface area contributed by atoms with Crippen molar-refractivity contribution in [2.75, 3.05) is 102 Å². The van der Waals surface area contributed by atoms with Gasteiger partial charge < -0.3 is 71.6 Å². The quantitative estimate of drug-likeness (QED) is 0.306. The molecule has 8 bridgehead atoms. The second-order valence-electron chi connectivity index (χ2n) is 14.9. The van der Waals surface area contributed by atoms with Gasteiger partial charge in [-0.3, -0.25) is 0 Å². The summed E-state index contributed by atoms with van der Waals surface area (Å²) in [5.41, 5.74) is -0.806. The second-order valence-corrected chi connectivity index (χ2v) is 16.0. The van der Waals surface area contributed by atoms with Crippen molar-refractivity contribution in [3.8, 4) is 0 Å². The fourth-order valence-electron chi connectivity index (χ4n) is 9.44. The third kappa shape index (κ3) is 7.72. The van der Waals surface area contributed by atoms with Gasteiger partial charge in [-0.25, -0.2) is 0 Å². The number of hydrogen-bond donors (Lipinski definition) is 1. The first-order chi connectivity index (χ1) is 24.9. The standard InChI is InChI=1S/C9H17NO3.2C9H16O4.C9H16O3S/c1-6-7-8(12-3)9(13-6,4-10-7)5-11-2;1-6-7-8(11-3)9(13-6,4-10-2)5-12-7;1-4-11-8-7-6(2)13-9(8,10-3)5-12-7;1-6-7-8(11-3)9(12-6,4-10-2)5-13-7/h6-8,10H,4-5H2,1-3H3;3*6-8H,4-5H2,1-3H3/t6-,7+,8-,9+;6-,7+,8-,9-;6-,7-,8?,9+;6-,7+,8-,9-/m0000/s1. The minimum atomic E-state index is -0.653. The van der Waals surface area contributed by atoms with Crippen LogP contribution in [0.4, 0.5) is 0 Å². The van der Waals surface area contributed by atoms with Gasteiger partial charge in [0.2, 0.25) is 5.79 Å². The van der Waals surface area contributed by atoms with Crippen LogP contribution in [0.2, 0.25) is 0 Å². The zero-order valence-corrected chi connectivity index (χ0v) is 34.0. The van der Waals surface area contributed by atoms with Crippen LogP contribution in [0.1, 0.15) is 34.6 Å². The van der Waals surface area contributed by atoms with E-state index in [1.54, 1.807) is 49.8 Å². The van der Waals surface area contributed by atoms with Crippen molar-refractivity contribution in [1.29, 1.82) is 0 Å². The molecule has 8 fully saturated rings.